The van der Waals surface area contributed by atoms with Crippen LogP contribution in [0.15, 0.2) is 24.3 Å². The largest absolute Gasteiger partial charge is 0.399 e. The van der Waals surface area contributed by atoms with Crippen LogP contribution in [0.25, 0.3) is 0 Å². The molecule has 0 aliphatic heterocycles. The van der Waals surface area contributed by atoms with Gasteiger partial charge in [0.25, 0.3) is 5.91 Å². The number of nitrogen functional groups attached to an aromatic ring is 1. The summed E-state index contributed by atoms with van der Waals surface area (Å²) in [6, 6.07) is 7.29. The van der Waals surface area contributed by atoms with Crippen LogP contribution in [-0.2, 0) is 9.53 Å². The standard InChI is InChI=1S/C14H22N2O2/c1-5-14(3,18-4)13(17)16(6-2)12-9-7-11(15)8-10-12/h7-10H,5-6,15H2,1-4H3. The highest BCUT2D eigenvalue weighted by atomic mass is 16.5. The number of anilines is 2. The van der Waals surface area contributed by atoms with Gasteiger partial charge in [0.15, 0.2) is 0 Å². The smallest absolute Gasteiger partial charge is 0.258 e. The predicted octanol–water partition coefficient (Wildman–Crippen LogP) is 2.44. The number of nitrogens with two attached hydrogens (primary N) is 1. The van der Waals surface area contributed by atoms with Crippen LogP contribution < -0.4 is 10.6 Å². The number of nitrogens with zero attached hydrogens (tertiary/aromatic N) is 1. The van der Waals surface area contributed by atoms with Gasteiger partial charge in [-0.1, -0.05) is 6.92 Å². The van der Waals surface area contributed by atoms with Crippen LogP contribution in [0.4, 0.5) is 11.4 Å². The second-order valence-electron chi connectivity index (χ2n) is 4.43. The number of methoxy groups -OCH3 is 1. The summed E-state index contributed by atoms with van der Waals surface area (Å²) in [5.74, 6) is -0.0280. The molecule has 1 unspecified atom stereocenters. The Balaban J connectivity index is 3.03. The van der Waals surface area contributed by atoms with Gasteiger partial charge in [-0.3, -0.25) is 4.79 Å². The zero-order valence-corrected chi connectivity index (χ0v) is 11.6. The minimum Gasteiger partial charge on any atom is -0.399 e. The lowest BCUT2D eigenvalue weighted by Crippen LogP contribution is -2.48. The number of carbonyl (C=O) groups is 1. The Morgan fingerprint density at radius 3 is 2.28 bits per heavy atom. The van der Waals surface area contributed by atoms with Crippen molar-refractivity contribution in [1.29, 1.82) is 0 Å². The summed E-state index contributed by atoms with van der Waals surface area (Å²) in [4.78, 5) is 14.2. The molecule has 2 N–H and O–H groups in total. The molecule has 1 aromatic rings. The molecular weight excluding hydrogens is 228 g/mol. The topological polar surface area (TPSA) is 55.6 Å². The molecule has 0 saturated carbocycles. The molecule has 100 valence electrons. The zero-order valence-electron chi connectivity index (χ0n) is 11.6. The summed E-state index contributed by atoms with van der Waals surface area (Å²) in [5, 5.41) is 0. The van der Waals surface area contributed by atoms with Crippen molar-refractivity contribution < 1.29 is 9.53 Å². The number of likely N-dealkylation sites (N-methyl/N-ethyl adjacent to an activating group) is 1. The third-order valence-corrected chi connectivity index (χ3v) is 3.34. The number of ether oxygens (including phenoxy) is 1. The van der Waals surface area contributed by atoms with Gasteiger partial charge >= 0.3 is 0 Å². The number of hydrogen-bond acceptors (Lipinski definition) is 3. The monoisotopic (exact) mass is 250 g/mol. The van der Waals surface area contributed by atoms with Crippen molar-refractivity contribution in [2.24, 2.45) is 0 Å². The first-order chi connectivity index (χ1) is 8.48. The van der Waals surface area contributed by atoms with Gasteiger partial charge in [0.05, 0.1) is 0 Å². The Kier molecular flexibility index (Phi) is 4.73. The maximum atomic E-state index is 12.5. The van der Waals surface area contributed by atoms with Crippen molar-refractivity contribution in [3.8, 4) is 0 Å². The highest BCUT2D eigenvalue weighted by Gasteiger charge is 2.35. The van der Waals surface area contributed by atoms with Gasteiger partial charge in [-0.25, -0.2) is 0 Å². The Hall–Kier alpha value is -1.55. The molecule has 0 aliphatic carbocycles. The first kappa shape index (κ1) is 14.5. The van der Waals surface area contributed by atoms with Gasteiger partial charge in [0.2, 0.25) is 0 Å². The average Bonchev–Trinajstić information content (AvgIpc) is 2.40. The van der Waals surface area contributed by atoms with E-state index in [-0.39, 0.29) is 5.91 Å². The highest BCUT2D eigenvalue weighted by Crippen LogP contribution is 2.23. The zero-order chi connectivity index (χ0) is 13.8. The summed E-state index contributed by atoms with van der Waals surface area (Å²) in [6.07, 6.45) is 0.633. The van der Waals surface area contributed by atoms with E-state index in [9.17, 15) is 4.79 Å². The molecular formula is C14H22N2O2. The fraction of sp³-hybridized carbons (Fsp3) is 0.500. The molecule has 0 heterocycles. The van der Waals surface area contributed by atoms with Crippen LogP contribution in [0.5, 0.6) is 0 Å². The van der Waals surface area contributed by atoms with Crippen molar-refractivity contribution >= 4 is 17.3 Å². The average molecular weight is 250 g/mol. The van der Waals surface area contributed by atoms with Crippen LogP contribution >= 0.6 is 0 Å². The van der Waals surface area contributed by atoms with Gasteiger partial charge in [-0.05, 0) is 44.5 Å². The van der Waals surface area contributed by atoms with Crippen molar-refractivity contribution in [3.05, 3.63) is 24.3 Å². The third-order valence-electron chi connectivity index (χ3n) is 3.34. The minimum atomic E-state index is -0.780. The van der Waals surface area contributed by atoms with Crippen LogP contribution in [-0.4, -0.2) is 25.2 Å². The van der Waals surface area contributed by atoms with Gasteiger partial charge < -0.3 is 15.4 Å². The van der Waals surface area contributed by atoms with E-state index in [0.717, 1.165) is 5.69 Å². The van der Waals surface area contributed by atoms with Crippen LogP contribution in [0, 0.1) is 0 Å². The molecule has 1 rings (SSSR count). The molecule has 1 aromatic carbocycles. The number of rotatable bonds is 5. The molecule has 0 saturated heterocycles. The lowest BCUT2D eigenvalue weighted by Gasteiger charge is -2.32. The number of carbonyl (C=O) groups excluding carboxylic acids is 1. The fourth-order valence-corrected chi connectivity index (χ4v) is 1.77. The minimum absolute atomic E-state index is 0.0280. The van der Waals surface area contributed by atoms with Crippen molar-refractivity contribution in [1.82, 2.24) is 0 Å². The molecule has 4 heteroatoms. The highest BCUT2D eigenvalue weighted by molar-refractivity contribution is 5.99. The summed E-state index contributed by atoms with van der Waals surface area (Å²) in [7, 11) is 1.57. The first-order valence-corrected chi connectivity index (χ1v) is 6.21. The quantitative estimate of drug-likeness (QED) is 0.817. The van der Waals surface area contributed by atoms with E-state index in [1.807, 2.05) is 32.9 Å². The van der Waals surface area contributed by atoms with Crippen LogP contribution in [0.3, 0.4) is 0 Å². The van der Waals surface area contributed by atoms with E-state index in [0.29, 0.717) is 18.7 Å². The van der Waals surface area contributed by atoms with Crippen LogP contribution in [0.1, 0.15) is 27.2 Å². The molecule has 0 aromatic heterocycles. The molecule has 1 atom stereocenters. The van der Waals surface area contributed by atoms with Gasteiger partial charge in [-0.2, -0.15) is 0 Å². The molecule has 0 bridgehead atoms. The number of amides is 1. The SMILES string of the molecule is CCN(C(=O)C(C)(CC)OC)c1ccc(N)cc1. The Labute approximate surface area is 109 Å². The molecule has 0 fully saturated rings. The van der Waals surface area contributed by atoms with E-state index >= 15 is 0 Å². The molecule has 18 heavy (non-hydrogen) atoms. The van der Waals surface area contributed by atoms with Crippen molar-refractivity contribution in [3.63, 3.8) is 0 Å². The fourth-order valence-electron chi connectivity index (χ4n) is 1.77. The molecule has 0 radical (unpaired) electrons. The molecule has 0 spiro atoms. The Morgan fingerprint density at radius 1 is 1.33 bits per heavy atom. The lowest BCUT2D eigenvalue weighted by molar-refractivity contribution is -0.138. The Bertz CT molecular complexity index is 397. The van der Waals surface area contributed by atoms with Gasteiger partial charge in [-0.15, -0.1) is 0 Å². The van der Waals surface area contributed by atoms with Crippen LogP contribution in [0.2, 0.25) is 0 Å². The normalized spacial score (nSPS) is 14.0. The predicted molar refractivity (Wildman–Crippen MR) is 74.6 cm³/mol. The van der Waals surface area contributed by atoms with E-state index in [2.05, 4.69) is 0 Å². The molecule has 0 aliphatic rings. The molecule has 4 nitrogen and oxygen atoms in total. The first-order valence-electron chi connectivity index (χ1n) is 6.21. The maximum absolute atomic E-state index is 12.5. The number of benzene rings is 1. The summed E-state index contributed by atoms with van der Waals surface area (Å²) in [6.45, 7) is 6.30. The summed E-state index contributed by atoms with van der Waals surface area (Å²) < 4.78 is 5.36. The summed E-state index contributed by atoms with van der Waals surface area (Å²) >= 11 is 0. The molecule has 1 amide bonds. The van der Waals surface area contributed by atoms with E-state index < -0.39 is 5.60 Å². The summed E-state index contributed by atoms with van der Waals surface area (Å²) in [5.41, 5.74) is 6.40. The van der Waals surface area contributed by atoms with Gasteiger partial charge in [0, 0.05) is 25.0 Å². The van der Waals surface area contributed by atoms with Crippen molar-refractivity contribution in [2.45, 2.75) is 32.8 Å². The second kappa shape index (κ2) is 5.87. The third kappa shape index (κ3) is 2.82. The maximum Gasteiger partial charge on any atom is 0.258 e. The van der Waals surface area contributed by atoms with Crippen molar-refractivity contribution in [2.75, 3.05) is 24.3 Å². The van der Waals surface area contributed by atoms with E-state index in [4.69, 9.17) is 10.5 Å². The second-order valence-corrected chi connectivity index (χ2v) is 4.43. The van der Waals surface area contributed by atoms with E-state index in [1.54, 1.807) is 24.1 Å². The van der Waals surface area contributed by atoms with E-state index in [1.165, 1.54) is 0 Å². The Morgan fingerprint density at radius 2 is 1.89 bits per heavy atom. The lowest BCUT2D eigenvalue weighted by atomic mass is 10.0. The number of hydrogen-bond donors (Lipinski definition) is 1. The van der Waals surface area contributed by atoms with Gasteiger partial charge in [0.1, 0.15) is 5.60 Å².